The second-order valence-corrected chi connectivity index (χ2v) is 5.33. The van der Waals surface area contributed by atoms with Crippen molar-refractivity contribution in [2.24, 2.45) is 5.92 Å². The monoisotopic (exact) mass is 293 g/mol. The van der Waals surface area contributed by atoms with E-state index in [0.29, 0.717) is 5.75 Å². The SMILES string of the molecule is COC(=O)C(NC(=O)C(C)Oc1cccc(C)c1)C(C)C. The highest BCUT2D eigenvalue weighted by Gasteiger charge is 2.27. The van der Waals surface area contributed by atoms with Crippen molar-refractivity contribution in [2.45, 2.75) is 39.8 Å². The number of rotatable bonds is 6. The van der Waals surface area contributed by atoms with Gasteiger partial charge in [0, 0.05) is 0 Å². The standard InChI is InChI=1S/C16H23NO4/c1-10(2)14(16(19)20-5)17-15(18)12(4)21-13-8-6-7-11(3)9-13/h6-10,12,14H,1-5H3,(H,17,18). The third-order valence-corrected chi connectivity index (χ3v) is 3.09. The molecule has 0 aromatic heterocycles. The fraction of sp³-hybridized carbons (Fsp3) is 0.500. The zero-order chi connectivity index (χ0) is 16.0. The highest BCUT2D eigenvalue weighted by molar-refractivity contribution is 5.87. The molecule has 5 heteroatoms. The lowest BCUT2D eigenvalue weighted by Crippen LogP contribution is -2.49. The number of esters is 1. The maximum absolute atomic E-state index is 12.1. The zero-order valence-electron chi connectivity index (χ0n) is 13.2. The van der Waals surface area contributed by atoms with Crippen LogP contribution in [0.2, 0.25) is 0 Å². The summed E-state index contributed by atoms with van der Waals surface area (Å²) in [5, 5.41) is 2.66. The first-order valence-corrected chi connectivity index (χ1v) is 6.96. The van der Waals surface area contributed by atoms with Crippen molar-refractivity contribution in [3.63, 3.8) is 0 Å². The van der Waals surface area contributed by atoms with Gasteiger partial charge < -0.3 is 14.8 Å². The summed E-state index contributed by atoms with van der Waals surface area (Å²) in [6.45, 7) is 7.28. The molecule has 21 heavy (non-hydrogen) atoms. The Morgan fingerprint density at radius 2 is 1.86 bits per heavy atom. The molecule has 1 N–H and O–H groups in total. The molecule has 0 aliphatic heterocycles. The summed E-state index contributed by atoms with van der Waals surface area (Å²) in [6, 6.07) is 6.77. The zero-order valence-corrected chi connectivity index (χ0v) is 13.2. The van der Waals surface area contributed by atoms with Gasteiger partial charge in [0.05, 0.1) is 7.11 Å². The topological polar surface area (TPSA) is 64.6 Å². The van der Waals surface area contributed by atoms with Gasteiger partial charge in [-0.1, -0.05) is 26.0 Å². The van der Waals surface area contributed by atoms with Crippen molar-refractivity contribution in [1.82, 2.24) is 5.32 Å². The smallest absolute Gasteiger partial charge is 0.328 e. The molecule has 0 aliphatic carbocycles. The van der Waals surface area contributed by atoms with Gasteiger partial charge in [-0.05, 0) is 37.5 Å². The van der Waals surface area contributed by atoms with Crippen LogP contribution in [0.5, 0.6) is 5.75 Å². The minimum atomic E-state index is -0.697. The Morgan fingerprint density at radius 3 is 2.38 bits per heavy atom. The lowest BCUT2D eigenvalue weighted by Gasteiger charge is -2.22. The molecule has 2 atom stereocenters. The van der Waals surface area contributed by atoms with Crippen molar-refractivity contribution in [3.8, 4) is 5.75 Å². The maximum Gasteiger partial charge on any atom is 0.328 e. The molecule has 0 spiro atoms. The lowest BCUT2D eigenvalue weighted by molar-refractivity contribution is -0.147. The van der Waals surface area contributed by atoms with Crippen LogP contribution in [0.25, 0.3) is 0 Å². The summed E-state index contributed by atoms with van der Waals surface area (Å²) in [5.74, 6) is -0.244. The predicted molar refractivity (Wildman–Crippen MR) is 80.1 cm³/mol. The van der Waals surface area contributed by atoms with Gasteiger partial charge in [0.25, 0.3) is 5.91 Å². The summed E-state index contributed by atoms with van der Waals surface area (Å²) in [6.07, 6.45) is -0.697. The van der Waals surface area contributed by atoms with Crippen LogP contribution in [0.15, 0.2) is 24.3 Å². The third-order valence-electron chi connectivity index (χ3n) is 3.09. The average Bonchev–Trinajstić information content (AvgIpc) is 2.43. The molecule has 1 aromatic rings. The number of hydrogen-bond donors (Lipinski definition) is 1. The largest absolute Gasteiger partial charge is 0.481 e. The Hall–Kier alpha value is -2.04. The number of hydrogen-bond acceptors (Lipinski definition) is 4. The summed E-state index contributed by atoms with van der Waals surface area (Å²) in [4.78, 5) is 23.8. The van der Waals surface area contributed by atoms with Crippen LogP contribution < -0.4 is 10.1 Å². The van der Waals surface area contributed by atoms with E-state index in [1.54, 1.807) is 13.0 Å². The van der Waals surface area contributed by atoms with Crippen molar-refractivity contribution in [3.05, 3.63) is 29.8 Å². The molecule has 0 radical (unpaired) electrons. The second kappa shape index (κ2) is 7.67. The van der Waals surface area contributed by atoms with Gasteiger partial charge >= 0.3 is 5.97 Å². The summed E-state index contributed by atoms with van der Waals surface area (Å²) >= 11 is 0. The molecule has 0 fully saturated rings. The normalized spacial score (nSPS) is 13.4. The van der Waals surface area contributed by atoms with Gasteiger partial charge in [-0.2, -0.15) is 0 Å². The summed E-state index contributed by atoms with van der Waals surface area (Å²) in [5.41, 5.74) is 1.05. The quantitative estimate of drug-likeness (QED) is 0.816. The minimum Gasteiger partial charge on any atom is -0.481 e. The Kier molecular flexibility index (Phi) is 6.21. The minimum absolute atomic E-state index is 0.0624. The van der Waals surface area contributed by atoms with Crippen molar-refractivity contribution >= 4 is 11.9 Å². The van der Waals surface area contributed by atoms with Crippen LogP contribution in [0.1, 0.15) is 26.3 Å². The number of carbonyl (C=O) groups is 2. The van der Waals surface area contributed by atoms with E-state index in [4.69, 9.17) is 9.47 Å². The summed E-state index contributed by atoms with van der Waals surface area (Å²) in [7, 11) is 1.30. The molecule has 1 amide bonds. The van der Waals surface area contributed by atoms with Crippen LogP contribution in [-0.4, -0.2) is 31.1 Å². The fourth-order valence-electron chi connectivity index (χ4n) is 1.84. The van der Waals surface area contributed by atoms with Crippen LogP contribution in [0.3, 0.4) is 0 Å². The number of methoxy groups -OCH3 is 1. The van der Waals surface area contributed by atoms with Gasteiger partial charge in [0.1, 0.15) is 11.8 Å². The molecule has 5 nitrogen and oxygen atoms in total. The van der Waals surface area contributed by atoms with E-state index in [2.05, 4.69) is 5.32 Å². The molecular formula is C16H23NO4. The molecule has 2 unspecified atom stereocenters. The van der Waals surface area contributed by atoms with Crippen molar-refractivity contribution in [1.29, 1.82) is 0 Å². The Morgan fingerprint density at radius 1 is 1.19 bits per heavy atom. The molecule has 0 heterocycles. The van der Waals surface area contributed by atoms with Gasteiger partial charge in [0.15, 0.2) is 6.10 Å². The highest BCUT2D eigenvalue weighted by atomic mass is 16.5. The van der Waals surface area contributed by atoms with Crippen molar-refractivity contribution in [2.75, 3.05) is 7.11 Å². The number of ether oxygens (including phenoxy) is 2. The summed E-state index contributed by atoms with van der Waals surface area (Å²) < 4.78 is 10.3. The third kappa shape index (κ3) is 5.10. The molecule has 0 aliphatic rings. The van der Waals surface area contributed by atoms with E-state index in [-0.39, 0.29) is 11.8 Å². The van der Waals surface area contributed by atoms with Crippen LogP contribution in [-0.2, 0) is 14.3 Å². The van der Waals surface area contributed by atoms with E-state index in [1.165, 1.54) is 7.11 Å². The molecule has 1 aromatic carbocycles. The van der Waals surface area contributed by atoms with E-state index in [0.717, 1.165) is 5.56 Å². The predicted octanol–water partition coefficient (Wildman–Crippen LogP) is 2.08. The molecule has 1 rings (SSSR count). The first kappa shape index (κ1) is 17.0. The molecular weight excluding hydrogens is 270 g/mol. The number of nitrogens with one attached hydrogen (secondary N) is 1. The maximum atomic E-state index is 12.1. The van der Waals surface area contributed by atoms with E-state index >= 15 is 0 Å². The Labute approximate surface area is 125 Å². The number of amides is 1. The molecule has 116 valence electrons. The van der Waals surface area contributed by atoms with Crippen LogP contribution in [0.4, 0.5) is 0 Å². The Balaban J connectivity index is 2.67. The van der Waals surface area contributed by atoms with Crippen LogP contribution in [0, 0.1) is 12.8 Å². The molecule has 0 bridgehead atoms. The van der Waals surface area contributed by atoms with Gasteiger partial charge in [-0.25, -0.2) is 4.79 Å². The van der Waals surface area contributed by atoms with E-state index < -0.39 is 18.1 Å². The number of aryl methyl sites for hydroxylation is 1. The van der Waals surface area contributed by atoms with Crippen molar-refractivity contribution < 1.29 is 19.1 Å². The number of benzene rings is 1. The van der Waals surface area contributed by atoms with Gasteiger partial charge in [-0.3, -0.25) is 4.79 Å². The van der Waals surface area contributed by atoms with Gasteiger partial charge in [0.2, 0.25) is 0 Å². The number of carbonyl (C=O) groups excluding carboxylic acids is 2. The first-order valence-electron chi connectivity index (χ1n) is 6.96. The molecule has 0 saturated carbocycles. The second-order valence-electron chi connectivity index (χ2n) is 5.33. The van der Waals surface area contributed by atoms with E-state index in [1.807, 2.05) is 39.0 Å². The van der Waals surface area contributed by atoms with E-state index in [9.17, 15) is 9.59 Å². The van der Waals surface area contributed by atoms with Gasteiger partial charge in [-0.15, -0.1) is 0 Å². The molecule has 0 saturated heterocycles. The average molecular weight is 293 g/mol. The first-order chi connectivity index (χ1) is 9.85. The highest BCUT2D eigenvalue weighted by Crippen LogP contribution is 2.14. The Bertz CT molecular complexity index is 499. The fourth-order valence-corrected chi connectivity index (χ4v) is 1.84. The van der Waals surface area contributed by atoms with Crippen LogP contribution >= 0.6 is 0 Å². The lowest BCUT2D eigenvalue weighted by atomic mass is 10.0.